The molecule has 3 aromatic carbocycles. The van der Waals surface area contributed by atoms with Gasteiger partial charge in [-0.1, -0.05) is 42.0 Å². The highest BCUT2D eigenvalue weighted by Gasteiger charge is 2.40. The Morgan fingerprint density at radius 3 is 2.24 bits per heavy atom. The number of anilines is 1. The van der Waals surface area contributed by atoms with E-state index in [4.69, 9.17) is 4.74 Å². The predicted octanol–water partition coefficient (Wildman–Crippen LogP) is 5.81. The Morgan fingerprint density at radius 2 is 1.71 bits per heavy atom. The zero-order valence-corrected chi connectivity index (χ0v) is 22.9. The smallest absolute Gasteiger partial charge is 0.337 e. The van der Waals surface area contributed by atoms with Gasteiger partial charge < -0.3 is 9.84 Å². The molecular formula is C29H30FNO6S. The van der Waals surface area contributed by atoms with Crippen molar-refractivity contribution in [2.45, 2.75) is 52.9 Å². The van der Waals surface area contributed by atoms with E-state index in [0.29, 0.717) is 17.4 Å². The minimum absolute atomic E-state index is 0.00656. The van der Waals surface area contributed by atoms with Crippen LogP contribution in [0.5, 0.6) is 0 Å². The lowest BCUT2D eigenvalue weighted by atomic mass is 9.80. The molecule has 9 heteroatoms. The zero-order chi connectivity index (χ0) is 28.2. The van der Waals surface area contributed by atoms with Crippen LogP contribution in [-0.4, -0.2) is 37.6 Å². The predicted molar refractivity (Wildman–Crippen MR) is 144 cm³/mol. The second-order valence-electron chi connectivity index (χ2n) is 10.5. The first-order valence-corrected chi connectivity index (χ1v) is 13.9. The van der Waals surface area contributed by atoms with Crippen molar-refractivity contribution < 1.29 is 32.2 Å². The number of halogens is 1. The number of carboxylic acid groups (broad SMARTS) is 1. The summed E-state index contributed by atoms with van der Waals surface area (Å²) in [5, 5.41) is 10.3. The van der Waals surface area contributed by atoms with E-state index >= 15 is 4.39 Å². The monoisotopic (exact) mass is 539 g/mol. The van der Waals surface area contributed by atoms with E-state index in [1.807, 2.05) is 19.1 Å². The molecule has 0 spiro atoms. The second-order valence-corrected chi connectivity index (χ2v) is 12.4. The molecule has 1 N–H and O–H groups in total. The van der Waals surface area contributed by atoms with Gasteiger partial charge in [0.25, 0.3) is 0 Å². The Morgan fingerprint density at radius 1 is 1.08 bits per heavy atom. The largest absolute Gasteiger partial charge is 0.479 e. The molecule has 1 aliphatic heterocycles. The van der Waals surface area contributed by atoms with Crippen LogP contribution in [0.2, 0.25) is 0 Å². The molecule has 4 rings (SSSR count). The lowest BCUT2D eigenvalue weighted by Gasteiger charge is -2.37. The number of aryl methyl sites for hydroxylation is 1. The Labute approximate surface area is 221 Å². The molecule has 0 unspecified atom stereocenters. The molecule has 0 amide bonds. The lowest BCUT2D eigenvalue weighted by Crippen LogP contribution is -2.35. The maximum absolute atomic E-state index is 15.4. The van der Waals surface area contributed by atoms with Crippen LogP contribution in [0, 0.1) is 19.7 Å². The molecule has 0 aromatic heterocycles. The average Bonchev–Trinajstić information content (AvgIpc) is 2.81. The third-order valence-corrected chi connectivity index (χ3v) is 7.65. The van der Waals surface area contributed by atoms with Gasteiger partial charge >= 0.3 is 5.97 Å². The van der Waals surface area contributed by atoms with E-state index in [0.717, 1.165) is 16.1 Å². The lowest BCUT2D eigenvalue weighted by molar-refractivity contribution is -0.160. The molecule has 0 aliphatic carbocycles. The van der Waals surface area contributed by atoms with Crippen LogP contribution in [0.25, 0.3) is 22.3 Å². The maximum atomic E-state index is 15.4. The number of aliphatic carboxylic acids is 1. The molecule has 1 aliphatic rings. The molecule has 200 valence electrons. The van der Waals surface area contributed by atoms with Crippen LogP contribution in [0.15, 0.2) is 42.5 Å². The quantitative estimate of drug-likeness (QED) is 0.397. The molecule has 0 fully saturated rings. The summed E-state index contributed by atoms with van der Waals surface area (Å²) in [5.41, 5.74) is 1.95. The van der Waals surface area contributed by atoms with E-state index in [1.54, 1.807) is 45.9 Å². The number of hydrogen-bond acceptors (Lipinski definition) is 5. The van der Waals surface area contributed by atoms with Crippen molar-refractivity contribution in [3.63, 3.8) is 0 Å². The number of hydrogen-bond donors (Lipinski definition) is 1. The number of aldehydes is 1. The van der Waals surface area contributed by atoms with Gasteiger partial charge in [-0.15, -0.1) is 0 Å². The highest BCUT2D eigenvalue weighted by atomic mass is 32.2. The summed E-state index contributed by atoms with van der Waals surface area (Å²) in [6.07, 6.45) is 0.0166. The number of benzene rings is 3. The van der Waals surface area contributed by atoms with Crippen LogP contribution in [0.4, 0.5) is 10.1 Å². The van der Waals surface area contributed by atoms with E-state index in [2.05, 4.69) is 0 Å². The molecule has 38 heavy (non-hydrogen) atoms. The highest BCUT2D eigenvalue weighted by Crippen LogP contribution is 2.51. The minimum atomic E-state index is -3.92. The second kappa shape index (κ2) is 9.63. The van der Waals surface area contributed by atoms with Gasteiger partial charge in [-0.2, -0.15) is 0 Å². The Bertz CT molecular complexity index is 1560. The number of nitrogens with zero attached hydrogens (tertiary/aromatic N) is 1. The van der Waals surface area contributed by atoms with Crippen molar-refractivity contribution >= 4 is 28.0 Å². The van der Waals surface area contributed by atoms with Gasteiger partial charge in [0.1, 0.15) is 5.82 Å². The third-order valence-electron chi connectivity index (χ3n) is 6.53. The Hall–Kier alpha value is -3.56. The SMILES string of the molecule is Cc1ccc(-c2c(C=O)c3c(c(C)c2[C@H](OC(C)(C)C)C(=O)O)N(S(C)(=O)=O)Cc2cccc(F)c2-3)cc1. The fourth-order valence-corrected chi connectivity index (χ4v) is 5.96. The molecule has 1 atom stereocenters. The van der Waals surface area contributed by atoms with Gasteiger partial charge in [-0.3, -0.25) is 9.10 Å². The summed E-state index contributed by atoms with van der Waals surface area (Å²) < 4.78 is 48.6. The molecule has 0 radical (unpaired) electrons. The summed E-state index contributed by atoms with van der Waals surface area (Å²) in [4.78, 5) is 25.5. The summed E-state index contributed by atoms with van der Waals surface area (Å²) in [7, 11) is -3.92. The fourth-order valence-electron chi connectivity index (χ4n) is 5.03. The summed E-state index contributed by atoms with van der Waals surface area (Å²) in [6.45, 7) is 8.43. The number of sulfonamides is 1. The van der Waals surface area contributed by atoms with Gasteiger partial charge in [-0.25, -0.2) is 17.6 Å². The van der Waals surface area contributed by atoms with E-state index in [9.17, 15) is 23.1 Å². The number of carbonyl (C=O) groups excluding carboxylic acids is 1. The molecule has 7 nitrogen and oxygen atoms in total. The number of rotatable bonds is 6. The first-order valence-electron chi connectivity index (χ1n) is 12.0. The molecule has 1 heterocycles. The van der Waals surface area contributed by atoms with Crippen molar-refractivity contribution in [1.29, 1.82) is 0 Å². The molecule has 3 aromatic rings. The highest BCUT2D eigenvalue weighted by molar-refractivity contribution is 7.92. The Balaban J connectivity index is 2.28. The normalized spacial score (nSPS) is 14.0. The first kappa shape index (κ1) is 27.5. The topological polar surface area (TPSA) is 101 Å². The number of fused-ring (bicyclic) bond motifs is 3. The van der Waals surface area contributed by atoms with E-state index in [1.165, 1.54) is 12.1 Å². The minimum Gasteiger partial charge on any atom is -0.479 e. The van der Waals surface area contributed by atoms with Crippen molar-refractivity contribution in [2.24, 2.45) is 0 Å². The number of carbonyl (C=O) groups is 2. The fraction of sp³-hybridized carbons (Fsp3) is 0.310. The summed E-state index contributed by atoms with van der Waals surface area (Å²) >= 11 is 0. The van der Waals surface area contributed by atoms with Gasteiger partial charge in [0.2, 0.25) is 10.0 Å². The van der Waals surface area contributed by atoms with Crippen molar-refractivity contribution in [3.8, 4) is 22.3 Å². The van der Waals surface area contributed by atoms with E-state index in [-0.39, 0.29) is 45.6 Å². The van der Waals surface area contributed by atoms with Gasteiger partial charge in [0, 0.05) is 22.3 Å². The van der Waals surface area contributed by atoms with Crippen LogP contribution in [0.1, 0.15) is 59.5 Å². The van der Waals surface area contributed by atoms with Gasteiger partial charge in [-0.05, 0) is 62.9 Å². The first-order chi connectivity index (χ1) is 17.7. The van der Waals surface area contributed by atoms with Crippen LogP contribution >= 0.6 is 0 Å². The summed E-state index contributed by atoms with van der Waals surface area (Å²) in [5.74, 6) is -1.91. The van der Waals surface area contributed by atoms with Crippen molar-refractivity contribution in [1.82, 2.24) is 0 Å². The molecule has 0 saturated heterocycles. The van der Waals surface area contributed by atoms with Crippen LogP contribution in [0.3, 0.4) is 0 Å². The molecule has 0 saturated carbocycles. The molecular weight excluding hydrogens is 509 g/mol. The van der Waals surface area contributed by atoms with Crippen molar-refractivity contribution in [3.05, 3.63) is 76.1 Å². The average molecular weight is 540 g/mol. The number of carboxylic acids is 1. The maximum Gasteiger partial charge on any atom is 0.337 e. The zero-order valence-electron chi connectivity index (χ0n) is 22.1. The third kappa shape index (κ3) is 4.83. The molecule has 0 bridgehead atoms. The van der Waals surface area contributed by atoms with Crippen molar-refractivity contribution in [2.75, 3.05) is 10.6 Å². The summed E-state index contributed by atoms with van der Waals surface area (Å²) in [6, 6.07) is 11.5. The number of ether oxygens (including phenoxy) is 1. The van der Waals surface area contributed by atoms with Crippen LogP contribution < -0.4 is 4.31 Å². The van der Waals surface area contributed by atoms with E-state index < -0.39 is 33.5 Å². The van der Waals surface area contributed by atoms with Gasteiger partial charge in [0.15, 0.2) is 12.4 Å². The Kier molecular flexibility index (Phi) is 6.96. The van der Waals surface area contributed by atoms with Gasteiger partial charge in [0.05, 0.1) is 24.1 Å². The van der Waals surface area contributed by atoms with Crippen LogP contribution in [-0.2, 0) is 26.1 Å². The standard InChI is InChI=1S/C29H30FNO6S/c1-16-10-12-18(13-11-16)23-20(15-32)25-24-19(8-7-9-21(24)30)14-31(38(6,35)36)26(25)17(2)22(23)27(28(33)34)37-29(3,4)5/h7-13,15,27H,14H2,1-6H3,(H,33,34)/t27-/m0/s1.